The molecule has 2 amide bonds. The predicted molar refractivity (Wildman–Crippen MR) is 101 cm³/mol. The van der Waals surface area contributed by atoms with Crippen LogP contribution < -0.4 is 10.2 Å². The van der Waals surface area contributed by atoms with E-state index in [2.05, 4.69) is 0 Å². The number of hydroxylamine groups is 1. The topological polar surface area (TPSA) is 78.9 Å². The molecule has 2 N–H and O–H groups in total. The molecule has 0 unspecified atom stereocenters. The first-order chi connectivity index (χ1) is 13.2. The number of nitrogens with zero attached hydrogens (tertiary/aromatic N) is 1. The van der Waals surface area contributed by atoms with Crippen molar-refractivity contribution in [3.05, 3.63) is 71.8 Å². The van der Waals surface area contributed by atoms with Crippen molar-refractivity contribution in [3.8, 4) is 5.75 Å². The average molecular weight is 366 g/mol. The minimum absolute atomic E-state index is 0.00559. The highest BCUT2D eigenvalue weighted by Crippen LogP contribution is 2.24. The summed E-state index contributed by atoms with van der Waals surface area (Å²) in [6, 6.07) is 16.7. The molecule has 27 heavy (non-hydrogen) atoms. The van der Waals surface area contributed by atoms with Crippen molar-refractivity contribution in [2.75, 3.05) is 13.1 Å². The lowest BCUT2D eigenvalue weighted by Gasteiger charge is -2.32. The minimum Gasteiger partial charge on any atom is -0.490 e. The third kappa shape index (κ3) is 4.95. The van der Waals surface area contributed by atoms with Crippen LogP contribution in [0.1, 0.15) is 28.8 Å². The van der Waals surface area contributed by atoms with Crippen molar-refractivity contribution in [2.24, 2.45) is 0 Å². The Bertz CT molecular complexity index is 812. The van der Waals surface area contributed by atoms with Gasteiger partial charge in [-0.15, -0.1) is 0 Å². The maximum atomic E-state index is 12.5. The highest BCUT2D eigenvalue weighted by Gasteiger charge is 2.24. The molecule has 0 aliphatic carbocycles. The van der Waals surface area contributed by atoms with Gasteiger partial charge in [0.1, 0.15) is 11.9 Å². The molecule has 1 aliphatic heterocycles. The molecular formula is C21H22N2O4. The van der Waals surface area contributed by atoms with Gasteiger partial charge in [0.05, 0.1) is 0 Å². The lowest BCUT2D eigenvalue weighted by atomic mass is 10.1. The number of nitrogens with one attached hydrogen (secondary N) is 1. The van der Waals surface area contributed by atoms with Gasteiger partial charge in [-0.2, -0.15) is 0 Å². The van der Waals surface area contributed by atoms with Gasteiger partial charge < -0.3 is 9.64 Å². The van der Waals surface area contributed by atoms with Gasteiger partial charge in [0, 0.05) is 43.1 Å². The Labute approximate surface area is 158 Å². The number of carbonyl (C=O) groups excluding carboxylic acids is 2. The molecule has 0 atom stereocenters. The molecule has 3 rings (SSSR count). The van der Waals surface area contributed by atoms with Crippen LogP contribution in [0, 0.1) is 0 Å². The molecule has 6 nitrogen and oxygen atoms in total. The van der Waals surface area contributed by atoms with E-state index in [1.54, 1.807) is 11.6 Å². The lowest BCUT2D eigenvalue weighted by Crippen LogP contribution is -2.41. The van der Waals surface area contributed by atoms with Gasteiger partial charge in [0.15, 0.2) is 0 Å². The SMILES string of the molecule is O=C(C=Cc1ccccc1OC1CCN(C(=O)c2ccccc2)CC1)NO. The molecule has 0 aromatic heterocycles. The molecular weight excluding hydrogens is 344 g/mol. The summed E-state index contributed by atoms with van der Waals surface area (Å²) in [5.74, 6) is 0.122. The second-order valence-electron chi connectivity index (χ2n) is 6.32. The second kappa shape index (κ2) is 9.00. The molecule has 0 radical (unpaired) electrons. The zero-order valence-corrected chi connectivity index (χ0v) is 14.9. The molecule has 1 saturated heterocycles. The zero-order chi connectivity index (χ0) is 19.1. The first-order valence-electron chi connectivity index (χ1n) is 8.89. The number of hydrogen-bond acceptors (Lipinski definition) is 4. The number of carbonyl (C=O) groups is 2. The fraction of sp³-hybridized carbons (Fsp3) is 0.238. The van der Waals surface area contributed by atoms with Gasteiger partial charge in [-0.3, -0.25) is 14.8 Å². The second-order valence-corrected chi connectivity index (χ2v) is 6.32. The van der Waals surface area contributed by atoms with Crippen LogP contribution in [0.3, 0.4) is 0 Å². The van der Waals surface area contributed by atoms with Gasteiger partial charge in [-0.1, -0.05) is 36.4 Å². The Hall–Kier alpha value is -3.12. The molecule has 0 saturated carbocycles. The first-order valence-corrected chi connectivity index (χ1v) is 8.89. The number of benzene rings is 2. The van der Waals surface area contributed by atoms with E-state index in [4.69, 9.17) is 9.94 Å². The molecule has 140 valence electrons. The summed E-state index contributed by atoms with van der Waals surface area (Å²) >= 11 is 0. The number of rotatable bonds is 5. The number of likely N-dealkylation sites (tertiary alicyclic amines) is 1. The Balaban J connectivity index is 1.59. The van der Waals surface area contributed by atoms with Crippen LogP contribution in [-0.2, 0) is 4.79 Å². The van der Waals surface area contributed by atoms with E-state index < -0.39 is 5.91 Å². The van der Waals surface area contributed by atoms with Crippen molar-refractivity contribution in [1.29, 1.82) is 0 Å². The van der Waals surface area contributed by atoms with Crippen molar-refractivity contribution in [2.45, 2.75) is 18.9 Å². The maximum Gasteiger partial charge on any atom is 0.267 e. The van der Waals surface area contributed by atoms with Gasteiger partial charge >= 0.3 is 0 Å². The molecule has 0 spiro atoms. The zero-order valence-electron chi connectivity index (χ0n) is 14.9. The number of para-hydroxylation sites is 1. The van der Waals surface area contributed by atoms with E-state index in [1.165, 1.54) is 6.08 Å². The number of amides is 2. The number of ether oxygens (including phenoxy) is 1. The third-order valence-electron chi connectivity index (χ3n) is 4.49. The van der Waals surface area contributed by atoms with E-state index >= 15 is 0 Å². The van der Waals surface area contributed by atoms with Crippen molar-refractivity contribution >= 4 is 17.9 Å². The summed E-state index contributed by atoms with van der Waals surface area (Å²) in [6.07, 6.45) is 4.32. The molecule has 2 aromatic carbocycles. The van der Waals surface area contributed by atoms with Gasteiger partial charge in [-0.05, 0) is 24.3 Å². The molecule has 2 aromatic rings. The average Bonchev–Trinajstić information content (AvgIpc) is 2.73. The Morgan fingerprint density at radius 2 is 1.70 bits per heavy atom. The summed E-state index contributed by atoms with van der Waals surface area (Å²) in [4.78, 5) is 25.5. The summed E-state index contributed by atoms with van der Waals surface area (Å²) in [5.41, 5.74) is 3.02. The van der Waals surface area contributed by atoms with E-state index in [0.717, 1.165) is 18.4 Å². The van der Waals surface area contributed by atoms with Crippen LogP contribution in [0.25, 0.3) is 6.08 Å². The predicted octanol–water partition coefficient (Wildman–Crippen LogP) is 2.89. The van der Waals surface area contributed by atoms with Gasteiger partial charge in [0.25, 0.3) is 11.8 Å². The van der Waals surface area contributed by atoms with Crippen molar-refractivity contribution < 1.29 is 19.5 Å². The highest BCUT2D eigenvalue weighted by atomic mass is 16.5. The van der Waals surface area contributed by atoms with Crippen LogP contribution >= 0.6 is 0 Å². The highest BCUT2D eigenvalue weighted by molar-refractivity contribution is 5.94. The fourth-order valence-corrected chi connectivity index (χ4v) is 3.05. The smallest absolute Gasteiger partial charge is 0.267 e. The van der Waals surface area contributed by atoms with Crippen molar-refractivity contribution in [3.63, 3.8) is 0 Å². The molecule has 6 heteroatoms. The Kier molecular flexibility index (Phi) is 6.22. The summed E-state index contributed by atoms with van der Waals surface area (Å²) in [5, 5.41) is 8.58. The largest absolute Gasteiger partial charge is 0.490 e. The third-order valence-corrected chi connectivity index (χ3v) is 4.49. The lowest BCUT2D eigenvalue weighted by molar-refractivity contribution is -0.124. The number of hydrogen-bond donors (Lipinski definition) is 2. The van der Waals surface area contributed by atoms with Crippen LogP contribution in [0.4, 0.5) is 0 Å². The summed E-state index contributed by atoms with van der Waals surface area (Å²) in [6.45, 7) is 1.28. The standard InChI is InChI=1S/C21H22N2O4/c24-20(22-26)11-10-16-6-4-5-9-19(16)27-18-12-14-23(15-13-18)21(25)17-7-2-1-3-8-17/h1-11,18,26H,12-15H2,(H,22,24). The van der Waals surface area contributed by atoms with Gasteiger partial charge in [-0.25, -0.2) is 5.48 Å². The van der Waals surface area contributed by atoms with Crippen molar-refractivity contribution in [1.82, 2.24) is 10.4 Å². The Morgan fingerprint density at radius 1 is 1.04 bits per heavy atom. The molecule has 0 bridgehead atoms. The number of piperidine rings is 1. The molecule has 1 aliphatic rings. The molecule has 1 heterocycles. The van der Waals surface area contributed by atoms with Crippen LogP contribution in [0.5, 0.6) is 5.75 Å². The van der Waals surface area contributed by atoms with E-state index in [1.807, 2.05) is 59.5 Å². The maximum absolute atomic E-state index is 12.5. The summed E-state index contributed by atoms with van der Waals surface area (Å²) < 4.78 is 6.10. The summed E-state index contributed by atoms with van der Waals surface area (Å²) in [7, 11) is 0. The van der Waals surface area contributed by atoms with E-state index in [0.29, 0.717) is 24.4 Å². The van der Waals surface area contributed by atoms with Crippen LogP contribution in [0.2, 0.25) is 0 Å². The normalized spacial score (nSPS) is 14.9. The van der Waals surface area contributed by atoms with E-state index in [9.17, 15) is 9.59 Å². The first kappa shape index (κ1) is 18.7. The van der Waals surface area contributed by atoms with Gasteiger partial charge in [0.2, 0.25) is 0 Å². The quantitative estimate of drug-likeness (QED) is 0.484. The fourth-order valence-electron chi connectivity index (χ4n) is 3.05. The molecule has 1 fully saturated rings. The van der Waals surface area contributed by atoms with Crippen LogP contribution in [0.15, 0.2) is 60.7 Å². The Morgan fingerprint density at radius 3 is 2.41 bits per heavy atom. The van der Waals surface area contributed by atoms with Crippen LogP contribution in [-0.4, -0.2) is 41.1 Å². The monoisotopic (exact) mass is 366 g/mol. The minimum atomic E-state index is -0.600. The van der Waals surface area contributed by atoms with E-state index in [-0.39, 0.29) is 12.0 Å².